The van der Waals surface area contributed by atoms with Gasteiger partial charge >= 0.3 is 5.97 Å². The van der Waals surface area contributed by atoms with Crippen molar-refractivity contribution >= 4 is 11.9 Å². The minimum absolute atomic E-state index is 0.177. The summed E-state index contributed by atoms with van der Waals surface area (Å²) < 4.78 is 30.7. The van der Waals surface area contributed by atoms with Crippen LogP contribution in [0.2, 0.25) is 0 Å². The zero-order chi connectivity index (χ0) is 13.9. The van der Waals surface area contributed by atoms with Crippen LogP contribution in [0.5, 0.6) is 0 Å². The van der Waals surface area contributed by atoms with Crippen LogP contribution in [-0.2, 0) is 14.3 Å². The molecule has 1 aliphatic rings. The molecule has 1 rings (SSSR count). The third kappa shape index (κ3) is 3.65. The van der Waals surface area contributed by atoms with E-state index in [1.54, 1.807) is 13.8 Å². The van der Waals surface area contributed by atoms with Crippen LogP contribution in [0.1, 0.15) is 33.1 Å². The Labute approximate surface area is 105 Å². The molecule has 6 heteroatoms. The van der Waals surface area contributed by atoms with Crippen LogP contribution in [0, 0.1) is 5.92 Å². The van der Waals surface area contributed by atoms with Gasteiger partial charge in [0.25, 0.3) is 0 Å². The van der Waals surface area contributed by atoms with E-state index in [-0.39, 0.29) is 31.3 Å². The largest absolute Gasteiger partial charge is 0.468 e. The highest BCUT2D eigenvalue weighted by atomic mass is 19.3. The smallest absolute Gasteiger partial charge is 0.325 e. The van der Waals surface area contributed by atoms with Gasteiger partial charge in [-0.3, -0.25) is 9.59 Å². The third-order valence-corrected chi connectivity index (χ3v) is 3.19. The maximum Gasteiger partial charge on any atom is 0.325 e. The van der Waals surface area contributed by atoms with Gasteiger partial charge in [-0.25, -0.2) is 8.78 Å². The minimum Gasteiger partial charge on any atom is -0.468 e. The molecule has 0 aliphatic heterocycles. The van der Waals surface area contributed by atoms with E-state index in [0.29, 0.717) is 0 Å². The van der Waals surface area contributed by atoms with Crippen molar-refractivity contribution < 1.29 is 23.1 Å². The molecule has 1 unspecified atom stereocenters. The summed E-state index contributed by atoms with van der Waals surface area (Å²) in [4.78, 5) is 24.6. The Hall–Kier alpha value is -1.20. The van der Waals surface area contributed by atoms with Gasteiger partial charge < -0.3 is 9.64 Å². The highest BCUT2D eigenvalue weighted by Gasteiger charge is 2.44. The lowest BCUT2D eigenvalue weighted by atomic mass is 10.1. The molecule has 4 nitrogen and oxygen atoms in total. The molecular formula is C12H19F2NO3. The fourth-order valence-electron chi connectivity index (χ4n) is 2.11. The van der Waals surface area contributed by atoms with Crippen molar-refractivity contribution in [2.24, 2.45) is 5.92 Å². The summed E-state index contributed by atoms with van der Waals surface area (Å²) in [6.07, 6.45) is -0.500. The average molecular weight is 263 g/mol. The minimum atomic E-state index is -2.76. The van der Waals surface area contributed by atoms with Gasteiger partial charge in [0.2, 0.25) is 11.8 Å². The number of hydrogen-bond donors (Lipinski definition) is 0. The highest BCUT2D eigenvalue weighted by Crippen LogP contribution is 2.39. The lowest BCUT2D eigenvalue weighted by Crippen LogP contribution is -2.44. The number of alkyl halides is 2. The lowest BCUT2D eigenvalue weighted by Gasteiger charge is -2.28. The molecule has 104 valence electrons. The summed E-state index contributed by atoms with van der Waals surface area (Å²) in [5.41, 5.74) is 0. The molecule has 0 saturated heterocycles. The van der Waals surface area contributed by atoms with Crippen molar-refractivity contribution in [3.8, 4) is 0 Å². The average Bonchev–Trinajstić information content (AvgIpc) is 2.64. The standard InChI is InChI=1S/C12H19F2NO3/c1-8(2)15(7-10(16)18-3)11(17)9-4-5-12(13,14)6-9/h8-9H,4-7H2,1-3H3. The summed E-state index contributed by atoms with van der Waals surface area (Å²) in [5, 5.41) is 0. The van der Waals surface area contributed by atoms with Crippen molar-refractivity contribution in [2.45, 2.75) is 45.1 Å². The van der Waals surface area contributed by atoms with Crippen LogP contribution in [0.4, 0.5) is 8.78 Å². The van der Waals surface area contributed by atoms with E-state index < -0.39 is 24.2 Å². The molecule has 1 aliphatic carbocycles. The van der Waals surface area contributed by atoms with E-state index in [1.165, 1.54) is 12.0 Å². The van der Waals surface area contributed by atoms with Crippen LogP contribution >= 0.6 is 0 Å². The van der Waals surface area contributed by atoms with E-state index >= 15 is 0 Å². The summed E-state index contributed by atoms with van der Waals surface area (Å²) in [6, 6.07) is -0.217. The molecule has 0 aromatic rings. The van der Waals surface area contributed by atoms with Gasteiger partial charge in [-0.2, -0.15) is 0 Å². The molecule has 1 amide bonds. The zero-order valence-electron chi connectivity index (χ0n) is 10.9. The van der Waals surface area contributed by atoms with Gasteiger partial charge in [0, 0.05) is 24.8 Å². The van der Waals surface area contributed by atoms with Crippen molar-refractivity contribution in [1.82, 2.24) is 4.90 Å². The Morgan fingerprint density at radius 2 is 2.06 bits per heavy atom. The first-order chi connectivity index (χ1) is 8.26. The Balaban J connectivity index is 2.69. The van der Waals surface area contributed by atoms with Gasteiger partial charge in [0.05, 0.1) is 7.11 Å². The summed E-state index contributed by atoms with van der Waals surface area (Å²) in [7, 11) is 1.23. The second-order valence-corrected chi connectivity index (χ2v) is 4.93. The zero-order valence-corrected chi connectivity index (χ0v) is 10.9. The first-order valence-corrected chi connectivity index (χ1v) is 6.02. The molecule has 18 heavy (non-hydrogen) atoms. The Morgan fingerprint density at radius 3 is 2.44 bits per heavy atom. The first-order valence-electron chi connectivity index (χ1n) is 6.02. The molecule has 1 fully saturated rings. The predicted octanol–water partition coefficient (Wildman–Crippen LogP) is 1.83. The van der Waals surface area contributed by atoms with Gasteiger partial charge in [0.1, 0.15) is 6.54 Å². The number of carbonyl (C=O) groups excluding carboxylic acids is 2. The number of methoxy groups -OCH3 is 1. The van der Waals surface area contributed by atoms with Crippen molar-refractivity contribution in [3.05, 3.63) is 0 Å². The Kier molecular flexibility index (Phi) is 4.65. The second kappa shape index (κ2) is 5.63. The maximum atomic E-state index is 13.1. The van der Waals surface area contributed by atoms with E-state index in [4.69, 9.17) is 0 Å². The molecule has 0 spiro atoms. The number of rotatable bonds is 4. The number of hydrogen-bond acceptors (Lipinski definition) is 3. The van der Waals surface area contributed by atoms with Crippen LogP contribution < -0.4 is 0 Å². The first kappa shape index (κ1) is 14.9. The second-order valence-electron chi connectivity index (χ2n) is 4.93. The normalized spacial score (nSPS) is 22.0. The maximum absolute atomic E-state index is 13.1. The van der Waals surface area contributed by atoms with E-state index in [2.05, 4.69) is 4.74 Å². The fraction of sp³-hybridized carbons (Fsp3) is 0.833. The highest BCUT2D eigenvalue weighted by molar-refractivity contribution is 5.84. The van der Waals surface area contributed by atoms with Gasteiger partial charge in [-0.1, -0.05) is 0 Å². The predicted molar refractivity (Wildman–Crippen MR) is 61.2 cm³/mol. The topological polar surface area (TPSA) is 46.6 Å². The number of esters is 1. The summed E-state index contributed by atoms with van der Waals surface area (Å²) in [6.45, 7) is 3.30. The van der Waals surface area contributed by atoms with Gasteiger partial charge in [-0.05, 0) is 20.3 Å². The van der Waals surface area contributed by atoms with Gasteiger partial charge in [0.15, 0.2) is 0 Å². The number of halogens is 2. The van der Waals surface area contributed by atoms with E-state index in [0.717, 1.165) is 0 Å². The number of carbonyl (C=O) groups is 2. The Morgan fingerprint density at radius 1 is 1.44 bits per heavy atom. The molecule has 0 aromatic heterocycles. The molecule has 0 aromatic carbocycles. The molecule has 1 saturated carbocycles. The molecule has 0 heterocycles. The SMILES string of the molecule is COC(=O)CN(C(=O)C1CCC(F)(F)C1)C(C)C. The molecule has 0 radical (unpaired) electrons. The van der Waals surface area contributed by atoms with Crippen LogP contribution in [0.25, 0.3) is 0 Å². The molecule has 0 bridgehead atoms. The van der Waals surface area contributed by atoms with Crippen LogP contribution in [0.3, 0.4) is 0 Å². The number of amides is 1. The molecule has 0 N–H and O–H groups in total. The molecular weight excluding hydrogens is 244 g/mol. The van der Waals surface area contributed by atoms with E-state index in [9.17, 15) is 18.4 Å². The summed E-state index contributed by atoms with van der Waals surface area (Å²) >= 11 is 0. The third-order valence-electron chi connectivity index (χ3n) is 3.19. The van der Waals surface area contributed by atoms with Crippen molar-refractivity contribution in [2.75, 3.05) is 13.7 Å². The monoisotopic (exact) mass is 263 g/mol. The molecule has 1 atom stereocenters. The number of ether oxygens (including phenoxy) is 1. The van der Waals surface area contributed by atoms with Crippen molar-refractivity contribution in [1.29, 1.82) is 0 Å². The van der Waals surface area contributed by atoms with Crippen LogP contribution in [-0.4, -0.2) is 42.4 Å². The van der Waals surface area contributed by atoms with Crippen molar-refractivity contribution in [3.63, 3.8) is 0 Å². The van der Waals surface area contributed by atoms with Crippen LogP contribution in [0.15, 0.2) is 0 Å². The van der Waals surface area contributed by atoms with Gasteiger partial charge in [-0.15, -0.1) is 0 Å². The quantitative estimate of drug-likeness (QED) is 0.727. The summed E-state index contributed by atoms with van der Waals surface area (Å²) in [5.74, 6) is -4.37. The van der Waals surface area contributed by atoms with E-state index in [1.807, 2.05) is 0 Å². The number of nitrogens with zero attached hydrogens (tertiary/aromatic N) is 1. The Bertz CT molecular complexity index is 331. The fourth-order valence-corrected chi connectivity index (χ4v) is 2.11. The lowest BCUT2D eigenvalue weighted by molar-refractivity contribution is -0.150.